The van der Waals surface area contributed by atoms with E-state index in [1.54, 1.807) is 17.9 Å². The van der Waals surface area contributed by atoms with E-state index in [0.29, 0.717) is 18.0 Å². The van der Waals surface area contributed by atoms with Gasteiger partial charge in [-0.3, -0.25) is 0 Å². The third kappa shape index (κ3) is 2.82. The van der Waals surface area contributed by atoms with Crippen molar-refractivity contribution in [2.24, 2.45) is 5.92 Å². The van der Waals surface area contributed by atoms with E-state index in [1.165, 1.54) is 11.7 Å². The van der Waals surface area contributed by atoms with Crippen molar-refractivity contribution in [1.29, 1.82) is 0 Å². The monoisotopic (exact) mass is 305 g/mol. The van der Waals surface area contributed by atoms with E-state index >= 15 is 0 Å². The van der Waals surface area contributed by atoms with Crippen molar-refractivity contribution in [3.8, 4) is 11.4 Å². The summed E-state index contributed by atoms with van der Waals surface area (Å²) in [5.74, 6) is 1.48. The molecule has 0 aliphatic carbocycles. The first-order chi connectivity index (χ1) is 10.1. The van der Waals surface area contributed by atoms with E-state index in [9.17, 15) is 8.42 Å². The van der Waals surface area contributed by atoms with Crippen molar-refractivity contribution < 1.29 is 13.2 Å². The van der Waals surface area contributed by atoms with Crippen LogP contribution >= 0.6 is 0 Å². The fraction of sp³-hybridized carbons (Fsp3) is 0.286. The molecule has 0 spiro atoms. The molecule has 0 saturated carbocycles. The largest absolute Gasteiger partial charge is 0.494 e. The number of rotatable bonds is 4. The summed E-state index contributed by atoms with van der Waals surface area (Å²) >= 11 is 0. The number of nitrogens with zero attached hydrogens (tertiary/aromatic N) is 3. The van der Waals surface area contributed by atoms with Gasteiger partial charge < -0.3 is 4.74 Å². The minimum Gasteiger partial charge on any atom is -0.494 e. The fourth-order valence-corrected chi connectivity index (χ4v) is 3.81. The normalized spacial score (nSPS) is 19.8. The molecule has 0 N–H and O–H groups in total. The highest BCUT2D eigenvalue weighted by Crippen LogP contribution is 2.24. The summed E-state index contributed by atoms with van der Waals surface area (Å²) in [4.78, 5) is 4.25. The first kappa shape index (κ1) is 13.8. The second-order valence-corrected chi connectivity index (χ2v) is 6.81. The number of para-hydroxylation sites is 2. The molecule has 7 heteroatoms. The van der Waals surface area contributed by atoms with Crippen LogP contribution < -0.4 is 4.74 Å². The molecule has 0 fully saturated rings. The molecule has 0 radical (unpaired) electrons. The van der Waals surface area contributed by atoms with Crippen LogP contribution in [0.4, 0.5) is 0 Å². The molecule has 3 rings (SSSR count). The van der Waals surface area contributed by atoms with Crippen LogP contribution in [-0.4, -0.2) is 36.0 Å². The summed E-state index contributed by atoms with van der Waals surface area (Å²) in [6, 6.07) is 7.51. The summed E-state index contributed by atoms with van der Waals surface area (Å²) in [6.07, 6.45) is 3.71. The average molecular weight is 305 g/mol. The van der Waals surface area contributed by atoms with Crippen molar-refractivity contribution in [3.05, 3.63) is 47.9 Å². The molecule has 0 amide bonds. The summed E-state index contributed by atoms with van der Waals surface area (Å²) < 4.78 is 30.0. The van der Waals surface area contributed by atoms with Crippen molar-refractivity contribution in [3.63, 3.8) is 0 Å². The smallest absolute Gasteiger partial charge is 0.171 e. The predicted molar refractivity (Wildman–Crippen MR) is 78.0 cm³/mol. The van der Waals surface area contributed by atoms with Crippen LogP contribution in [0.5, 0.6) is 5.75 Å². The van der Waals surface area contributed by atoms with Crippen LogP contribution in [0.3, 0.4) is 0 Å². The second kappa shape index (κ2) is 5.33. The van der Waals surface area contributed by atoms with Crippen LogP contribution in [0.25, 0.3) is 5.69 Å². The number of ether oxygens (including phenoxy) is 1. The number of aromatic nitrogens is 3. The zero-order valence-corrected chi connectivity index (χ0v) is 12.3. The fourth-order valence-electron chi connectivity index (χ4n) is 2.41. The first-order valence-corrected chi connectivity index (χ1v) is 8.24. The van der Waals surface area contributed by atoms with Gasteiger partial charge in [-0.1, -0.05) is 18.2 Å². The van der Waals surface area contributed by atoms with E-state index in [-0.39, 0.29) is 11.7 Å². The van der Waals surface area contributed by atoms with Crippen LogP contribution in [0.15, 0.2) is 42.1 Å². The van der Waals surface area contributed by atoms with Crippen LogP contribution in [0, 0.1) is 5.92 Å². The lowest BCUT2D eigenvalue weighted by atomic mass is 10.1. The Labute approximate surface area is 123 Å². The van der Waals surface area contributed by atoms with Gasteiger partial charge in [0, 0.05) is 11.8 Å². The topological polar surface area (TPSA) is 74.1 Å². The highest BCUT2D eigenvalue weighted by atomic mass is 32.2. The lowest BCUT2D eigenvalue weighted by Crippen LogP contribution is -2.13. The van der Waals surface area contributed by atoms with Crippen LogP contribution in [0.2, 0.25) is 0 Å². The van der Waals surface area contributed by atoms with Crippen LogP contribution in [0.1, 0.15) is 5.82 Å². The minimum absolute atomic E-state index is 0.0624. The van der Waals surface area contributed by atoms with Gasteiger partial charge in [-0.25, -0.2) is 18.1 Å². The Hall–Kier alpha value is -2.15. The molecule has 0 unspecified atom stereocenters. The van der Waals surface area contributed by atoms with Gasteiger partial charge in [0.1, 0.15) is 23.6 Å². The van der Waals surface area contributed by atoms with Gasteiger partial charge in [0.25, 0.3) is 0 Å². The van der Waals surface area contributed by atoms with Gasteiger partial charge in [0.05, 0.1) is 12.9 Å². The Kier molecular flexibility index (Phi) is 3.50. The quantitative estimate of drug-likeness (QED) is 0.853. The van der Waals surface area contributed by atoms with E-state index in [2.05, 4.69) is 10.1 Å². The maximum Gasteiger partial charge on any atom is 0.171 e. The summed E-state index contributed by atoms with van der Waals surface area (Å²) in [5, 5.41) is 5.50. The predicted octanol–water partition coefficient (Wildman–Crippen LogP) is 1.38. The van der Waals surface area contributed by atoms with E-state index in [0.717, 1.165) is 5.69 Å². The Balaban J connectivity index is 1.90. The highest BCUT2D eigenvalue weighted by molar-refractivity contribution is 7.94. The van der Waals surface area contributed by atoms with Gasteiger partial charge in [-0.15, -0.1) is 0 Å². The number of methoxy groups -OCH3 is 1. The summed E-state index contributed by atoms with van der Waals surface area (Å²) in [7, 11) is -1.45. The molecule has 0 bridgehead atoms. The number of benzene rings is 1. The summed E-state index contributed by atoms with van der Waals surface area (Å²) in [6.45, 7) is 0. The maximum atomic E-state index is 11.5. The van der Waals surface area contributed by atoms with Gasteiger partial charge in [-0.05, 0) is 18.1 Å². The molecule has 2 heterocycles. The molecule has 1 aromatic heterocycles. The van der Waals surface area contributed by atoms with Crippen molar-refractivity contribution in [2.45, 2.75) is 6.42 Å². The molecular weight excluding hydrogens is 290 g/mol. The molecule has 6 nitrogen and oxygen atoms in total. The Morgan fingerprint density at radius 3 is 2.90 bits per heavy atom. The van der Waals surface area contributed by atoms with E-state index in [1.807, 2.05) is 24.3 Å². The second-order valence-electron chi connectivity index (χ2n) is 4.88. The van der Waals surface area contributed by atoms with Crippen molar-refractivity contribution in [2.75, 3.05) is 12.9 Å². The molecule has 2 aromatic rings. The van der Waals surface area contributed by atoms with Gasteiger partial charge >= 0.3 is 0 Å². The highest BCUT2D eigenvalue weighted by Gasteiger charge is 2.24. The number of hydrogen-bond donors (Lipinski definition) is 0. The Morgan fingerprint density at radius 2 is 2.19 bits per heavy atom. The Morgan fingerprint density at radius 1 is 1.38 bits per heavy atom. The lowest BCUT2D eigenvalue weighted by Gasteiger charge is -2.11. The van der Waals surface area contributed by atoms with E-state index < -0.39 is 9.84 Å². The molecule has 1 aliphatic heterocycles. The third-order valence-electron chi connectivity index (χ3n) is 3.38. The molecule has 1 atom stereocenters. The molecular formula is C14H15N3O3S. The molecule has 110 valence electrons. The molecule has 21 heavy (non-hydrogen) atoms. The molecule has 1 aliphatic rings. The molecule has 0 saturated heterocycles. The van der Waals surface area contributed by atoms with Gasteiger partial charge in [0.15, 0.2) is 9.84 Å². The zero-order valence-electron chi connectivity index (χ0n) is 11.5. The Bertz CT molecular complexity index is 780. The van der Waals surface area contributed by atoms with E-state index in [4.69, 9.17) is 4.74 Å². The van der Waals surface area contributed by atoms with Crippen molar-refractivity contribution in [1.82, 2.24) is 14.8 Å². The maximum absolute atomic E-state index is 11.5. The number of hydrogen-bond acceptors (Lipinski definition) is 5. The zero-order chi connectivity index (χ0) is 14.9. The SMILES string of the molecule is COc1ccccc1-n1ncnc1C[C@@H]1C=CS(=O)(=O)C1. The van der Waals surface area contributed by atoms with Crippen LogP contribution in [-0.2, 0) is 16.3 Å². The number of sulfone groups is 1. The third-order valence-corrected chi connectivity index (χ3v) is 4.85. The summed E-state index contributed by atoms with van der Waals surface area (Å²) in [5.41, 5.74) is 0.789. The van der Waals surface area contributed by atoms with Gasteiger partial charge in [0.2, 0.25) is 0 Å². The minimum atomic E-state index is -3.05. The average Bonchev–Trinajstić information content (AvgIpc) is 3.05. The lowest BCUT2D eigenvalue weighted by molar-refractivity contribution is 0.411. The van der Waals surface area contributed by atoms with Crippen molar-refractivity contribution >= 4 is 9.84 Å². The standard InChI is InChI=1S/C14H15N3O3S/c1-20-13-5-3-2-4-12(13)17-14(15-10-16-17)8-11-6-7-21(18,19)9-11/h2-7,10-11H,8-9H2,1H3/t11-/m0/s1. The number of allylic oxidation sites excluding steroid dienone is 1. The van der Waals surface area contributed by atoms with Gasteiger partial charge in [-0.2, -0.15) is 5.10 Å². The molecule has 1 aromatic carbocycles. The first-order valence-electron chi connectivity index (χ1n) is 6.52.